The van der Waals surface area contributed by atoms with E-state index in [0.29, 0.717) is 0 Å². The van der Waals surface area contributed by atoms with E-state index in [9.17, 15) is 0 Å². The van der Waals surface area contributed by atoms with Crippen molar-refractivity contribution < 1.29 is 0 Å². The fourth-order valence-corrected chi connectivity index (χ4v) is 19.8. The molecule has 0 amide bonds. The van der Waals surface area contributed by atoms with Crippen molar-refractivity contribution in [2.75, 3.05) is 0 Å². The minimum atomic E-state index is 0.934. The monoisotopic (exact) mass is 599 g/mol. The Morgan fingerprint density at radius 2 is 1.02 bits per heavy atom. The van der Waals surface area contributed by atoms with Gasteiger partial charge in [0.2, 0.25) is 0 Å². The molecule has 0 N–H and O–H groups in total. The lowest BCUT2D eigenvalue weighted by molar-refractivity contribution is -0.00128. The van der Waals surface area contributed by atoms with Crippen molar-refractivity contribution in [3.8, 4) is 0 Å². The lowest BCUT2D eigenvalue weighted by atomic mass is 9.62. The molecule has 15 unspecified atom stereocenters. The normalized spacial score (nSPS) is 56.2. The van der Waals surface area contributed by atoms with E-state index in [-0.39, 0.29) is 0 Å². The molecule has 9 rings (SSSR count). The van der Waals surface area contributed by atoms with Gasteiger partial charge in [0.15, 0.2) is 0 Å². The summed E-state index contributed by atoms with van der Waals surface area (Å²) in [5.41, 5.74) is 0. The summed E-state index contributed by atoms with van der Waals surface area (Å²) < 4.78 is 0. The Balaban J connectivity index is 0.947. The van der Waals surface area contributed by atoms with Crippen molar-refractivity contribution in [2.24, 2.45) is 35.5 Å². The van der Waals surface area contributed by atoms with Gasteiger partial charge in [-0.3, -0.25) is 4.90 Å². The van der Waals surface area contributed by atoms with Crippen LogP contribution in [0.2, 0.25) is 0 Å². The third kappa shape index (κ3) is 4.57. The third-order valence-electron chi connectivity index (χ3n) is 14.6. The van der Waals surface area contributed by atoms with Crippen molar-refractivity contribution in [1.29, 1.82) is 0 Å². The van der Waals surface area contributed by atoms with E-state index in [1.165, 1.54) is 64.2 Å². The predicted molar refractivity (Wildman–Crippen MR) is 177 cm³/mol. The van der Waals surface area contributed by atoms with Crippen LogP contribution in [0.15, 0.2) is 0 Å². The lowest BCUT2D eigenvalue weighted by Gasteiger charge is -2.57. The molecule has 0 radical (unpaired) electrons. The largest absolute Gasteiger partial charge is 0.292 e. The maximum Gasteiger partial charge on any atom is 0.0221 e. The number of hydrogen-bond acceptors (Lipinski definition) is 4. The quantitative estimate of drug-likeness (QED) is 0.311. The molecule has 15 atom stereocenters. The number of rotatable bonds is 2. The topological polar surface area (TPSA) is 3.24 Å². The van der Waals surface area contributed by atoms with Crippen LogP contribution in [0.4, 0.5) is 0 Å². The Hall–Kier alpha value is 1.01. The van der Waals surface area contributed by atoms with Gasteiger partial charge >= 0.3 is 0 Å². The SMILES string of the molecule is C1CCC2C(C1)SC1CCC3C4CCCC(C5CCCC(N6C7CCCCC7SC7CCCCC76)C5)C4SC3C12. The maximum absolute atomic E-state index is 3.31. The van der Waals surface area contributed by atoms with Gasteiger partial charge in [0.05, 0.1) is 0 Å². The Kier molecular flexibility index (Phi) is 7.80. The molecule has 9 aliphatic rings. The first-order valence-corrected chi connectivity index (χ1v) is 21.4. The molecule has 40 heavy (non-hydrogen) atoms. The van der Waals surface area contributed by atoms with E-state index in [2.05, 4.69) is 40.2 Å². The van der Waals surface area contributed by atoms with Gasteiger partial charge in [0.25, 0.3) is 0 Å². The summed E-state index contributed by atoms with van der Waals surface area (Å²) in [5, 5.41) is 6.14. The van der Waals surface area contributed by atoms with Crippen molar-refractivity contribution in [3.63, 3.8) is 0 Å². The standard InChI is InChI=1S/C36H57NS3/c1-4-16-30-27(11-1)34-33(38-30)20-19-26-25-13-8-12-24(35(25)40-36(26)34)22-9-7-10-23(21-22)37-28-14-2-5-17-31(28)39-32-18-6-3-15-29(32)37/h22-36H,1-21H2. The summed E-state index contributed by atoms with van der Waals surface area (Å²) in [4.78, 5) is 3.31. The highest BCUT2D eigenvalue weighted by Gasteiger charge is 2.59. The van der Waals surface area contributed by atoms with Crippen LogP contribution in [0.25, 0.3) is 0 Å². The Bertz CT molecular complexity index is 888. The molecule has 0 bridgehead atoms. The van der Waals surface area contributed by atoms with Crippen molar-refractivity contribution in [3.05, 3.63) is 0 Å². The molecule has 9 fully saturated rings. The lowest BCUT2D eigenvalue weighted by Crippen LogP contribution is -2.62. The minimum absolute atomic E-state index is 0.934. The van der Waals surface area contributed by atoms with E-state index >= 15 is 0 Å². The number of nitrogens with zero attached hydrogens (tertiary/aromatic N) is 1. The Labute approximate surface area is 259 Å². The molecule has 3 saturated heterocycles. The second-order valence-electron chi connectivity index (χ2n) is 16.2. The van der Waals surface area contributed by atoms with E-state index in [4.69, 9.17) is 0 Å². The van der Waals surface area contributed by atoms with Gasteiger partial charge in [0, 0.05) is 49.6 Å². The average Bonchev–Trinajstić information content (AvgIpc) is 3.58. The molecule has 3 aliphatic heterocycles. The highest BCUT2D eigenvalue weighted by molar-refractivity contribution is 8.02. The molecular formula is C36H57NS3. The second-order valence-corrected chi connectivity index (χ2v) is 20.6. The third-order valence-corrected chi connectivity index (χ3v) is 20.2. The van der Waals surface area contributed by atoms with Crippen LogP contribution in [0.1, 0.15) is 135 Å². The molecule has 1 nitrogen and oxygen atoms in total. The first-order chi connectivity index (χ1) is 19.8. The summed E-state index contributed by atoms with van der Waals surface area (Å²) in [5.74, 6) is 6.51. The van der Waals surface area contributed by atoms with Crippen LogP contribution in [0, 0.1) is 35.5 Å². The minimum Gasteiger partial charge on any atom is -0.292 e. The number of thioether (sulfide) groups is 3. The van der Waals surface area contributed by atoms with Gasteiger partial charge in [0.1, 0.15) is 0 Å². The zero-order valence-electron chi connectivity index (χ0n) is 25.2. The first-order valence-electron chi connectivity index (χ1n) is 18.6. The molecule has 224 valence electrons. The van der Waals surface area contributed by atoms with Gasteiger partial charge in [-0.1, -0.05) is 57.8 Å². The van der Waals surface area contributed by atoms with Crippen LogP contribution in [0.5, 0.6) is 0 Å². The fraction of sp³-hybridized carbons (Fsp3) is 1.00. The van der Waals surface area contributed by atoms with E-state index < -0.39 is 0 Å². The molecule has 0 spiro atoms. The van der Waals surface area contributed by atoms with E-state index in [1.54, 1.807) is 70.6 Å². The summed E-state index contributed by atoms with van der Waals surface area (Å²) in [6.45, 7) is 0. The molecular weight excluding hydrogens is 543 g/mol. The van der Waals surface area contributed by atoms with Crippen molar-refractivity contribution >= 4 is 35.3 Å². The van der Waals surface area contributed by atoms with Gasteiger partial charge < -0.3 is 0 Å². The van der Waals surface area contributed by atoms with Crippen LogP contribution in [-0.4, -0.2) is 54.5 Å². The zero-order valence-corrected chi connectivity index (χ0v) is 27.6. The second kappa shape index (κ2) is 11.4. The highest BCUT2D eigenvalue weighted by atomic mass is 32.2. The zero-order chi connectivity index (χ0) is 26.2. The molecule has 3 heterocycles. The summed E-state index contributed by atoms with van der Waals surface area (Å²) in [6, 6.07) is 2.80. The maximum atomic E-state index is 3.31. The van der Waals surface area contributed by atoms with Gasteiger partial charge in [-0.15, -0.1) is 0 Å². The van der Waals surface area contributed by atoms with Gasteiger partial charge in [-0.25, -0.2) is 0 Å². The highest BCUT2D eigenvalue weighted by Crippen LogP contribution is 2.66. The van der Waals surface area contributed by atoms with Gasteiger partial charge in [-0.2, -0.15) is 35.3 Å². The number of hydrogen-bond donors (Lipinski definition) is 0. The van der Waals surface area contributed by atoms with E-state index in [1.807, 2.05) is 0 Å². The molecule has 0 aromatic rings. The van der Waals surface area contributed by atoms with Crippen molar-refractivity contribution in [2.45, 2.75) is 184 Å². The average molecular weight is 600 g/mol. The van der Waals surface area contributed by atoms with Crippen LogP contribution in [-0.2, 0) is 0 Å². The Morgan fingerprint density at radius 3 is 1.85 bits per heavy atom. The smallest absolute Gasteiger partial charge is 0.0221 e. The molecule has 6 aliphatic carbocycles. The molecule has 0 aromatic carbocycles. The summed E-state index contributed by atoms with van der Waals surface area (Å²) in [7, 11) is 0. The van der Waals surface area contributed by atoms with Gasteiger partial charge in [-0.05, 0) is 113 Å². The Morgan fingerprint density at radius 1 is 0.400 bits per heavy atom. The molecule has 4 heteroatoms. The number of fused-ring (bicyclic) bond motifs is 9. The summed E-state index contributed by atoms with van der Waals surface area (Å²) >= 11 is 7.65. The van der Waals surface area contributed by atoms with Crippen molar-refractivity contribution in [1.82, 2.24) is 4.90 Å². The van der Waals surface area contributed by atoms with E-state index in [0.717, 1.165) is 85.1 Å². The van der Waals surface area contributed by atoms with Crippen LogP contribution < -0.4 is 0 Å². The fourth-order valence-electron chi connectivity index (χ4n) is 13.1. The van der Waals surface area contributed by atoms with Crippen LogP contribution in [0.3, 0.4) is 0 Å². The molecule has 6 saturated carbocycles. The van der Waals surface area contributed by atoms with Crippen LogP contribution >= 0.6 is 35.3 Å². The first kappa shape index (κ1) is 27.3. The predicted octanol–water partition coefficient (Wildman–Crippen LogP) is 9.82. The molecule has 0 aromatic heterocycles. The summed E-state index contributed by atoms with van der Waals surface area (Å²) in [6.07, 6.45) is 32.6.